The molecule has 0 amide bonds. The number of rotatable bonds is 6. The standard InChI is InChI=1S/C23H20O2S/c1-4-10-21-18(3)20-13-8-9-14-22(20)23(21,16-24)15-17(2)26(25)19-11-6-5-7-12-19/h4-14,16H,1-3,15H2/b21-10+. The molecule has 0 N–H and O–H groups in total. The summed E-state index contributed by atoms with van der Waals surface area (Å²) in [6.07, 6.45) is 4.65. The first-order valence-electron chi connectivity index (χ1n) is 8.28. The lowest BCUT2D eigenvalue weighted by atomic mass is 9.76. The Bertz CT molecular complexity index is 953. The van der Waals surface area contributed by atoms with E-state index in [9.17, 15) is 9.00 Å². The lowest BCUT2D eigenvalue weighted by Gasteiger charge is -2.27. The lowest BCUT2D eigenvalue weighted by molar-refractivity contribution is -0.111. The molecule has 1 aliphatic rings. The highest BCUT2D eigenvalue weighted by Gasteiger charge is 2.45. The number of hydrogen-bond donors (Lipinski definition) is 0. The molecule has 1 aliphatic carbocycles. The molecule has 0 heterocycles. The summed E-state index contributed by atoms with van der Waals surface area (Å²) in [6.45, 7) is 12.0. The van der Waals surface area contributed by atoms with Crippen LogP contribution in [0.15, 0.2) is 102 Å². The zero-order chi connectivity index (χ0) is 18.7. The highest BCUT2D eigenvalue weighted by atomic mass is 32.2. The van der Waals surface area contributed by atoms with Crippen molar-refractivity contribution in [3.8, 4) is 0 Å². The van der Waals surface area contributed by atoms with Gasteiger partial charge in [0.25, 0.3) is 0 Å². The highest BCUT2D eigenvalue weighted by Crippen LogP contribution is 2.51. The smallest absolute Gasteiger partial charge is 0.135 e. The van der Waals surface area contributed by atoms with Crippen LogP contribution in [-0.2, 0) is 21.0 Å². The van der Waals surface area contributed by atoms with Crippen molar-refractivity contribution in [3.63, 3.8) is 0 Å². The van der Waals surface area contributed by atoms with Crippen molar-refractivity contribution in [3.05, 3.63) is 108 Å². The summed E-state index contributed by atoms with van der Waals surface area (Å²) in [6, 6.07) is 16.9. The van der Waals surface area contributed by atoms with E-state index in [1.165, 1.54) is 0 Å². The second-order valence-corrected chi connectivity index (χ2v) is 7.81. The number of hydrogen-bond acceptors (Lipinski definition) is 2. The first kappa shape index (κ1) is 18.0. The molecule has 2 atom stereocenters. The van der Waals surface area contributed by atoms with Crippen molar-refractivity contribution in [1.29, 1.82) is 0 Å². The van der Waals surface area contributed by atoms with Gasteiger partial charge in [-0.25, -0.2) is 4.21 Å². The molecule has 3 heteroatoms. The summed E-state index contributed by atoms with van der Waals surface area (Å²) < 4.78 is 12.9. The Hall–Kier alpha value is -2.78. The number of fused-ring (bicyclic) bond motifs is 1. The van der Waals surface area contributed by atoms with Gasteiger partial charge in [0.05, 0.1) is 16.2 Å². The molecule has 2 nitrogen and oxygen atoms in total. The van der Waals surface area contributed by atoms with Gasteiger partial charge in [0.15, 0.2) is 0 Å². The van der Waals surface area contributed by atoms with Crippen LogP contribution in [0.2, 0.25) is 0 Å². The molecule has 0 bridgehead atoms. The van der Waals surface area contributed by atoms with E-state index in [-0.39, 0.29) is 6.42 Å². The Balaban J connectivity index is 2.07. The molecule has 26 heavy (non-hydrogen) atoms. The average molecular weight is 360 g/mol. The van der Waals surface area contributed by atoms with Crippen LogP contribution >= 0.6 is 0 Å². The minimum absolute atomic E-state index is 0.258. The van der Waals surface area contributed by atoms with Gasteiger partial charge in [0, 0.05) is 16.2 Å². The molecule has 0 aromatic heterocycles. The van der Waals surface area contributed by atoms with Gasteiger partial charge in [-0.2, -0.15) is 0 Å². The molecule has 0 spiro atoms. The number of aldehydes is 1. The van der Waals surface area contributed by atoms with Gasteiger partial charge in [-0.3, -0.25) is 0 Å². The van der Waals surface area contributed by atoms with Gasteiger partial charge in [0.2, 0.25) is 0 Å². The summed E-state index contributed by atoms with van der Waals surface area (Å²) >= 11 is 0. The number of carbonyl (C=O) groups is 1. The summed E-state index contributed by atoms with van der Waals surface area (Å²) in [5.74, 6) is 0. The molecule has 0 fully saturated rings. The van der Waals surface area contributed by atoms with Crippen molar-refractivity contribution in [2.45, 2.75) is 16.7 Å². The predicted molar refractivity (Wildman–Crippen MR) is 108 cm³/mol. The van der Waals surface area contributed by atoms with E-state index in [4.69, 9.17) is 0 Å². The SMILES string of the molecule is C=C/C=C1\C(=C)c2ccccc2C1(C=O)CC(=C)S(=O)c1ccccc1. The van der Waals surface area contributed by atoms with Crippen LogP contribution in [0.5, 0.6) is 0 Å². The summed E-state index contributed by atoms with van der Waals surface area (Å²) in [4.78, 5) is 13.5. The average Bonchev–Trinajstić information content (AvgIpc) is 2.91. The minimum Gasteiger partial charge on any atom is -0.302 e. The van der Waals surface area contributed by atoms with E-state index >= 15 is 0 Å². The van der Waals surface area contributed by atoms with E-state index in [1.807, 2.05) is 48.5 Å². The van der Waals surface area contributed by atoms with E-state index in [2.05, 4.69) is 19.7 Å². The van der Waals surface area contributed by atoms with Crippen molar-refractivity contribution < 1.29 is 9.00 Å². The maximum atomic E-state index is 12.9. The third kappa shape index (κ3) is 2.85. The minimum atomic E-state index is -1.39. The van der Waals surface area contributed by atoms with E-state index < -0.39 is 16.2 Å². The van der Waals surface area contributed by atoms with Crippen LogP contribution in [0.3, 0.4) is 0 Å². The summed E-state index contributed by atoms with van der Waals surface area (Å²) in [5.41, 5.74) is 2.45. The Morgan fingerprint density at radius 2 is 1.73 bits per heavy atom. The zero-order valence-corrected chi connectivity index (χ0v) is 15.3. The second kappa shape index (κ2) is 7.22. The van der Waals surface area contributed by atoms with Gasteiger partial charge in [-0.1, -0.05) is 74.4 Å². The Morgan fingerprint density at radius 3 is 2.38 bits per heavy atom. The van der Waals surface area contributed by atoms with Gasteiger partial charge < -0.3 is 4.79 Å². The molecule has 0 radical (unpaired) electrons. The normalized spacial score (nSPS) is 21.2. The van der Waals surface area contributed by atoms with E-state index in [1.54, 1.807) is 18.2 Å². The van der Waals surface area contributed by atoms with Crippen LogP contribution in [0.25, 0.3) is 5.57 Å². The largest absolute Gasteiger partial charge is 0.302 e. The third-order valence-electron chi connectivity index (χ3n) is 4.72. The van der Waals surface area contributed by atoms with Crippen molar-refractivity contribution in [1.82, 2.24) is 0 Å². The monoisotopic (exact) mass is 360 g/mol. The van der Waals surface area contributed by atoms with Crippen LogP contribution in [0.1, 0.15) is 17.5 Å². The topological polar surface area (TPSA) is 34.1 Å². The number of carbonyl (C=O) groups excluding carboxylic acids is 1. The molecule has 130 valence electrons. The Labute approximate surface area is 156 Å². The van der Waals surface area contributed by atoms with E-state index in [0.29, 0.717) is 9.80 Å². The van der Waals surface area contributed by atoms with Gasteiger partial charge >= 0.3 is 0 Å². The van der Waals surface area contributed by atoms with E-state index in [0.717, 1.165) is 28.6 Å². The number of allylic oxidation sites excluding steroid dienone is 5. The Morgan fingerprint density at radius 1 is 1.08 bits per heavy atom. The molecular weight excluding hydrogens is 340 g/mol. The molecule has 0 saturated carbocycles. The van der Waals surface area contributed by atoms with Crippen LogP contribution in [-0.4, -0.2) is 10.5 Å². The summed E-state index contributed by atoms with van der Waals surface area (Å²) in [7, 11) is -1.39. The van der Waals surface area contributed by atoms with Crippen LogP contribution in [0.4, 0.5) is 0 Å². The fraction of sp³-hybridized carbons (Fsp3) is 0.0870. The second-order valence-electron chi connectivity index (χ2n) is 6.23. The maximum absolute atomic E-state index is 12.9. The third-order valence-corrected chi connectivity index (χ3v) is 6.09. The number of benzene rings is 2. The molecule has 0 aliphatic heterocycles. The predicted octanol–water partition coefficient (Wildman–Crippen LogP) is 4.97. The fourth-order valence-electron chi connectivity index (χ4n) is 3.51. The molecule has 2 aromatic carbocycles. The maximum Gasteiger partial charge on any atom is 0.135 e. The zero-order valence-electron chi connectivity index (χ0n) is 14.5. The molecule has 0 saturated heterocycles. The molecule has 2 aromatic rings. The first-order chi connectivity index (χ1) is 12.5. The van der Waals surface area contributed by atoms with Crippen LogP contribution < -0.4 is 0 Å². The highest BCUT2D eigenvalue weighted by molar-refractivity contribution is 7.89. The molecule has 2 unspecified atom stereocenters. The first-order valence-corrected chi connectivity index (χ1v) is 9.43. The van der Waals surface area contributed by atoms with Crippen molar-refractivity contribution >= 4 is 22.7 Å². The van der Waals surface area contributed by atoms with Gasteiger partial charge in [-0.05, 0) is 34.4 Å². The lowest BCUT2D eigenvalue weighted by Crippen LogP contribution is -2.28. The fourth-order valence-corrected chi connectivity index (χ4v) is 4.60. The van der Waals surface area contributed by atoms with Gasteiger partial charge in [0.1, 0.15) is 6.29 Å². The van der Waals surface area contributed by atoms with Gasteiger partial charge in [-0.15, -0.1) is 0 Å². The Kier molecular flexibility index (Phi) is 5.01. The molecule has 3 rings (SSSR count). The quantitative estimate of drug-likeness (QED) is 0.681. The molecular formula is C23H20O2S. The van der Waals surface area contributed by atoms with Crippen molar-refractivity contribution in [2.24, 2.45) is 0 Å². The van der Waals surface area contributed by atoms with Crippen molar-refractivity contribution in [2.75, 3.05) is 0 Å². The van der Waals surface area contributed by atoms with Crippen LogP contribution in [0, 0.1) is 0 Å². The summed E-state index contributed by atoms with van der Waals surface area (Å²) in [5, 5.41) is 0.